The number of carboxylic acid groups (broad SMARTS) is 1. The third-order valence-electron chi connectivity index (χ3n) is 2.69. The second-order valence-corrected chi connectivity index (χ2v) is 4.94. The molecular weight excluding hydrogens is 308 g/mol. The molecule has 0 aromatic heterocycles. The Labute approximate surface area is 119 Å². The van der Waals surface area contributed by atoms with Crippen molar-refractivity contribution in [2.75, 3.05) is 0 Å². The quantitative estimate of drug-likeness (QED) is 0.694. The summed E-state index contributed by atoms with van der Waals surface area (Å²) in [4.78, 5) is 22.3. The zero-order valence-electron chi connectivity index (χ0n) is 9.92. The van der Waals surface area contributed by atoms with Gasteiger partial charge in [0.15, 0.2) is 5.78 Å². The summed E-state index contributed by atoms with van der Waals surface area (Å²) < 4.78 is 0. The average Bonchev–Trinajstić information content (AvgIpc) is 2.46. The Balaban J connectivity index is 2.34. The van der Waals surface area contributed by atoms with Crippen LogP contribution in [0, 0.1) is 0 Å². The van der Waals surface area contributed by atoms with Gasteiger partial charge >= 0.3 is 5.97 Å². The molecule has 4 heteroatoms. The average molecular weight is 319 g/mol. The summed E-state index contributed by atoms with van der Waals surface area (Å²) in [5, 5.41) is 8.95. The number of carbonyl (C=O) groups excluding carboxylic acids is 1. The van der Waals surface area contributed by atoms with Crippen molar-refractivity contribution in [2.45, 2.75) is 4.83 Å². The van der Waals surface area contributed by atoms with Gasteiger partial charge in [-0.2, -0.15) is 0 Å². The first-order valence-corrected chi connectivity index (χ1v) is 6.58. The first-order chi connectivity index (χ1) is 9.09. The van der Waals surface area contributed by atoms with Gasteiger partial charge in [0.05, 0.1) is 0 Å². The number of halogens is 1. The van der Waals surface area contributed by atoms with Gasteiger partial charge in [-0.1, -0.05) is 64.5 Å². The number of rotatable bonds is 4. The van der Waals surface area contributed by atoms with E-state index in [1.54, 1.807) is 48.5 Å². The normalized spacial score (nSPS) is 11.8. The molecule has 0 bridgehead atoms. The lowest BCUT2D eigenvalue weighted by atomic mass is 10.0. The minimum Gasteiger partial charge on any atom is -0.480 e. The van der Waals surface area contributed by atoms with E-state index in [-0.39, 0.29) is 5.78 Å². The number of ketones is 1. The van der Waals surface area contributed by atoms with Crippen LogP contribution in [0.5, 0.6) is 0 Å². The zero-order valence-corrected chi connectivity index (χ0v) is 11.5. The molecule has 2 aromatic carbocycles. The molecule has 2 aromatic rings. The van der Waals surface area contributed by atoms with Crippen LogP contribution in [0.15, 0.2) is 54.6 Å². The number of hydrogen-bond acceptors (Lipinski definition) is 2. The number of carbonyl (C=O) groups is 2. The van der Waals surface area contributed by atoms with Crippen molar-refractivity contribution >= 4 is 27.7 Å². The minimum absolute atomic E-state index is 0.118. The zero-order chi connectivity index (χ0) is 13.8. The molecule has 2 rings (SSSR count). The summed E-state index contributed by atoms with van der Waals surface area (Å²) in [6.07, 6.45) is 0. The highest BCUT2D eigenvalue weighted by Gasteiger charge is 2.17. The fourth-order valence-corrected chi connectivity index (χ4v) is 2.02. The van der Waals surface area contributed by atoms with Gasteiger partial charge in [-0.25, -0.2) is 0 Å². The molecule has 0 amide bonds. The van der Waals surface area contributed by atoms with Crippen LogP contribution in [-0.2, 0) is 4.79 Å². The second-order valence-electron chi connectivity index (χ2n) is 4.02. The van der Waals surface area contributed by atoms with Gasteiger partial charge in [-0.15, -0.1) is 0 Å². The van der Waals surface area contributed by atoms with Crippen molar-refractivity contribution in [3.8, 4) is 0 Å². The van der Waals surface area contributed by atoms with Crippen LogP contribution in [0.2, 0.25) is 0 Å². The van der Waals surface area contributed by atoms with Crippen molar-refractivity contribution in [1.82, 2.24) is 0 Å². The van der Waals surface area contributed by atoms with Crippen molar-refractivity contribution in [2.24, 2.45) is 0 Å². The van der Waals surface area contributed by atoms with Crippen LogP contribution in [0.3, 0.4) is 0 Å². The number of aliphatic carboxylic acids is 1. The number of carboxylic acids is 1. The summed E-state index contributed by atoms with van der Waals surface area (Å²) in [5.41, 5.74) is 1.62. The largest absolute Gasteiger partial charge is 0.480 e. The molecule has 96 valence electrons. The molecule has 0 radical (unpaired) electrons. The van der Waals surface area contributed by atoms with Gasteiger partial charge in [0.1, 0.15) is 4.83 Å². The van der Waals surface area contributed by atoms with Crippen molar-refractivity contribution < 1.29 is 14.7 Å². The molecule has 1 unspecified atom stereocenters. The van der Waals surface area contributed by atoms with Gasteiger partial charge < -0.3 is 5.11 Å². The lowest BCUT2D eigenvalue weighted by Gasteiger charge is -2.07. The van der Waals surface area contributed by atoms with Gasteiger partial charge in [-0.3, -0.25) is 9.59 Å². The van der Waals surface area contributed by atoms with Crippen LogP contribution in [0.1, 0.15) is 26.3 Å². The van der Waals surface area contributed by atoms with Crippen LogP contribution < -0.4 is 0 Å². The Hall–Kier alpha value is -1.94. The lowest BCUT2D eigenvalue weighted by Crippen LogP contribution is -2.07. The Morgan fingerprint density at radius 3 is 2.21 bits per heavy atom. The molecule has 1 N–H and O–H groups in total. The molecule has 3 nitrogen and oxygen atoms in total. The maximum atomic E-state index is 12.2. The van der Waals surface area contributed by atoms with Gasteiger partial charge in [0.25, 0.3) is 0 Å². The maximum absolute atomic E-state index is 12.2. The second kappa shape index (κ2) is 5.80. The van der Waals surface area contributed by atoms with E-state index in [4.69, 9.17) is 5.11 Å². The Bertz CT molecular complexity index is 608. The molecule has 0 spiro atoms. The van der Waals surface area contributed by atoms with E-state index in [0.29, 0.717) is 16.7 Å². The molecule has 0 aliphatic rings. The van der Waals surface area contributed by atoms with Crippen LogP contribution in [0.25, 0.3) is 0 Å². The monoisotopic (exact) mass is 318 g/mol. The Morgan fingerprint density at radius 2 is 1.58 bits per heavy atom. The van der Waals surface area contributed by atoms with Crippen molar-refractivity contribution in [3.63, 3.8) is 0 Å². The Kier molecular flexibility index (Phi) is 4.12. The van der Waals surface area contributed by atoms with Crippen LogP contribution >= 0.6 is 15.9 Å². The highest BCUT2D eigenvalue weighted by atomic mass is 79.9. The van der Waals surface area contributed by atoms with E-state index in [9.17, 15) is 9.59 Å². The first kappa shape index (κ1) is 13.5. The SMILES string of the molecule is O=C(c1ccccc1)c1cccc(C(Br)C(=O)O)c1. The van der Waals surface area contributed by atoms with Crippen molar-refractivity contribution in [3.05, 3.63) is 71.3 Å². The molecule has 0 heterocycles. The van der Waals surface area contributed by atoms with Gasteiger partial charge in [-0.05, 0) is 11.6 Å². The number of alkyl halides is 1. The van der Waals surface area contributed by atoms with E-state index >= 15 is 0 Å². The standard InChI is InChI=1S/C15H11BrO3/c16-13(15(18)19)11-7-4-8-12(9-11)14(17)10-5-2-1-3-6-10/h1-9,13H,(H,18,19). The van der Waals surface area contributed by atoms with Crippen LogP contribution in [-0.4, -0.2) is 16.9 Å². The summed E-state index contributed by atoms with van der Waals surface area (Å²) in [5.74, 6) is -1.10. The molecule has 0 saturated carbocycles. The van der Waals surface area contributed by atoms with Crippen molar-refractivity contribution in [1.29, 1.82) is 0 Å². The highest BCUT2D eigenvalue weighted by Crippen LogP contribution is 2.24. The third-order valence-corrected chi connectivity index (χ3v) is 3.61. The molecule has 19 heavy (non-hydrogen) atoms. The van der Waals surface area contributed by atoms with E-state index in [1.807, 2.05) is 6.07 Å². The maximum Gasteiger partial charge on any atom is 0.321 e. The van der Waals surface area contributed by atoms with E-state index < -0.39 is 10.8 Å². The molecule has 0 aliphatic carbocycles. The fraction of sp³-hybridized carbons (Fsp3) is 0.0667. The fourth-order valence-electron chi connectivity index (χ4n) is 1.74. The molecule has 1 atom stereocenters. The topological polar surface area (TPSA) is 54.4 Å². The summed E-state index contributed by atoms with van der Waals surface area (Å²) >= 11 is 3.08. The molecule has 0 saturated heterocycles. The third kappa shape index (κ3) is 3.09. The molecular formula is C15H11BrO3. The highest BCUT2D eigenvalue weighted by molar-refractivity contribution is 9.09. The predicted molar refractivity (Wildman–Crippen MR) is 75.6 cm³/mol. The Morgan fingerprint density at radius 1 is 0.947 bits per heavy atom. The van der Waals surface area contributed by atoms with Crippen LogP contribution in [0.4, 0.5) is 0 Å². The molecule has 0 aliphatic heterocycles. The minimum atomic E-state index is -0.982. The first-order valence-electron chi connectivity index (χ1n) is 5.66. The summed E-state index contributed by atoms with van der Waals surface area (Å²) in [7, 11) is 0. The van der Waals surface area contributed by atoms with E-state index in [0.717, 1.165) is 0 Å². The molecule has 0 fully saturated rings. The number of benzene rings is 2. The summed E-state index contributed by atoms with van der Waals surface area (Å²) in [6, 6.07) is 15.5. The van der Waals surface area contributed by atoms with Gasteiger partial charge in [0, 0.05) is 11.1 Å². The smallest absolute Gasteiger partial charge is 0.321 e. The van der Waals surface area contributed by atoms with E-state index in [2.05, 4.69) is 15.9 Å². The predicted octanol–water partition coefficient (Wildman–Crippen LogP) is 3.44. The van der Waals surface area contributed by atoms with Gasteiger partial charge in [0.2, 0.25) is 0 Å². The van der Waals surface area contributed by atoms with E-state index in [1.165, 1.54) is 0 Å². The lowest BCUT2D eigenvalue weighted by molar-refractivity contribution is -0.136. The number of hydrogen-bond donors (Lipinski definition) is 1. The summed E-state index contributed by atoms with van der Waals surface area (Å²) in [6.45, 7) is 0.